The number of halogens is 3. The number of hydrogen-bond donors (Lipinski definition) is 0. The molecule has 3 heterocycles. The predicted octanol–water partition coefficient (Wildman–Crippen LogP) is 7.01. The maximum atomic E-state index is 12.5. The summed E-state index contributed by atoms with van der Waals surface area (Å²) in [6, 6.07) is 15.1. The number of piperazine rings is 1. The molecule has 5 rings (SSSR count). The number of anilines is 1. The minimum Gasteiger partial charge on any atom is -0.457 e. The Morgan fingerprint density at radius 2 is 1.68 bits per heavy atom. The summed E-state index contributed by atoms with van der Waals surface area (Å²) in [4.78, 5) is 21.8. The SMILES string of the molecule is Cc1ccc(N2CCN(C3=NC(=O)/C(=C/c4ccc(-c5ccc(Cl)c(Cl)c5)o4)S3)CC2)cc1Cl. The molecule has 1 fully saturated rings. The quantitative estimate of drug-likeness (QED) is 0.340. The number of benzene rings is 2. The number of nitrogens with zero attached hydrogens (tertiary/aromatic N) is 3. The van der Waals surface area contributed by atoms with Crippen LogP contribution in [-0.4, -0.2) is 42.2 Å². The molecule has 0 aliphatic carbocycles. The van der Waals surface area contributed by atoms with Gasteiger partial charge in [0.05, 0.1) is 15.0 Å². The van der Waals surface area contributed by atoms with Crippen molar-refractivity contribution in [1.29, 1.82) is 0 Å². The molecule has 174 valence electrons. The number of thioether (sulfide) groups is 1. The summed E-state index contributed by atoms with van der Waals surface area (Å²) < 4.78 is 5.91. The topological polar surface area (TPSA) is 49.0 Å². The van der Waals surface area contributed by atoms with Crippen molar-refractivity contribution in [2.75, 3.05) is 31.1 Å². The fraction of sp³-hybridized carbons (Fsp3) is 0.200. The molecule has 2 aliphatic heterocycles. The van der Waals surface area contributed by atoms with E-state index >= 15 is 0 Å². The molecule has 0 bridgehead atoms. The Kier molecular flexibility index (Phi) is 6.67. The number of amidine groups is 1. The van der Waals surface area contributed by atoms with E-state index in [4.69, 9.17) is 39.2 Å². The second kappa shape index (κ2) is 9.70. The van der Waals surface area contributed by atoms with E-state index in [9.17, 15) is 4.79 Å². The first-order valence-corrected chi connectivity index (χ1v) is 12.7. The van der Waals surface area contributed by atoms with Gasteiger partial charge in [0.15, 0.2) is 5.17 Å². The van der Waals surface area contributed by atoms with Crippen molar-refractivity contribution >= 4 is 69.4 Å². The Balaban J connectivity index is 1.23. The number of hydrogen-bond acceptors (Lipinski definition) is 5. The third-order valence-corrected chi connectivity index (χ3v) is 7.97. The highest BCUT2D eigenvalue weighted by molar-refractivity contribution is 8.18. The van der Waals surface area contributed by atoms with Crippen molar-refractivity contribution in [2.45, 2.75) is 6.92 Å². The Hall–Kier alpha value is -2.38. The maximum Gasteiger partial charge on any atom is 0.286 e. The minimum atomic E-state index is -0.250. The van der Waals surface area contributed by atoms with Crippen LogP contribution in [0.2, 0.25) is 15.1 Å². The maximum absolute atomic E-state index is 12.5. The van der Waals surface area contributed by atoms with Gasteiger partial charge in [0, 0.05) is 48.5 Å². The van der Waals surface area contributed by atoms with Gasteiger partial charge in [-0.05, 0) is 66.7 Å². The minimum absolute atomic E-state index is 0.250. The molecule has 0 unspecified atom stereocenters. The number of amides is 1. The fourth-order valence-corrected chi connectivity index (χ4v) is 5.25. The molecule has 1 amide bonds. The molecular weight excluding hydrogens is 513 g/mol. The summed E-state index contributed by atoms with van der Waals surface area (Å²) in [6.07, 6.45) is 1.73. The van der Waals surface area contributed by atoms with Crippen LogP contribution in [0.15, 0.2) is 62.8 Å². The summed E-state index contributed by atoms with van der Waals surface area (Å²) in [7, 11) is 0. The average Bonchev–Trinajstić information content (AvgIpc) is 3.45. The van der Waals surface area contributed by atoms with Gasteiger partial charge in [-0.25, -0.2) is 0 Å². The molecule has 2 aliphatic rings. The first-order chi connectivity index (χ1) is 16.4. The standard InChI is InChI=1S/C25H20Cl3N3O2S/c1-15-2-4-17(13-20(15)27)30-8-10-31(11-9-30)25-29-24(32)23(34-25)14-18-5-7-22(33-18)16-3-6-19(26)21(28)12-16/h2-7,12-14H,8-11H2,1H3/b23-14-. The number of furan rings is 1. The summed E-state index contributed by atoms with van der Waals surface area (Å²) in [5.41, 5.74) is 3.00. The highest BCUT2D eigenvalue weighted by Crippen LogP contribution is 2.34. The fourth-order valence-electron chi connectivity index (χ4n) is 3.83. The van der Waals surface area contributed by atoms with Crippen LogP contribution in [0.3, 0.4) is 0 Å². The van der Waals surface area contributed by atoms with Crippen LogP contribution in [0, 0.1) is 6.92 Å². The third-order valence-electron chi connectivity index (χ3n) is 5.78. The van der Waals surface area contributed by atoms with E-state index in [1.54, 1.807) is 18.2 Å². The molecule has 5 nitrogen and oxygen atoms in total. The Bertz CT molecular complexity index is 1330. The number of carbonyl (C=O) groups is 1. The zero-order valence-corrected chi connectivity index (χ0v) is 21.3. The van der Waals surface area contributed by atoms with E-state index in [-0.39, 0.29) is 5.91 Å². The van der Waals surface area contributed by atoms with E-state index in [1.807, 2.05) is 37.3 Å². The first-order valence-electron chi connectivity index (χ1n) is 10.7. The van der Waals surface area contributed by atoms with Crippen LogP contribution < -0.4 is 4.90 Å². The molecule has 0 atom stereocenters. The second-order valence-corrected chi connectivity index (χ2v) is 10.3. The first kappa shape index (κ1) is 23.4. The normalized spacial score (nSPS) is 17.6. The second-order valence-electron chi connectivity index (χ2n) is 8.05. The van der Waals surface area contributed by atoms with Crippen molar-refractivity contribution in [2.24, 2.45) is 4.99 Å². The number of rotatable bonds is 3. The van der Waals surface area contributed by atoms with Crippen molar-refractivity contribution in [3.8, 4) is 11.3 Å². The molecular formula is C25H20Cl3N3O2S. The van der Waals surface area contributed by atoms with Crippen molar-refractivity contribution in [1.82, 2.24) is 4.90 Å². The highest BCUT2D eigenvalue weighted by atomic mass is 35.5. The van der Waals surface area contributed by atoms with Crippen LogP contribution >= 0.6 is 46.6 Å². The van der Waals surface area contributed by atoms with Gasteiger partial charge >= 0.3 is 0 Å². The number of carbonyl (C=O) groups excluding carboxylic acids is 1. The van der Waals surface area contributed by atoms with E-state index in [0.717, 1.165) is 53.2 Å². The van der Waals surface area contributed by atoms with Gasteiger partial charge in [-0.15, -0.1) is 0 Å². The molecule has 0 radical (unpaired) electrons. The Labute approximate surface area is 217 Å². The Morgan fingerprint density at radius 1 is 0.912 bits per heavy atom. The van der Waals surface area contributed by atoms with Crippen molar-refractivity contribution < 1.29 is 9.21 Å². The lowest BCUT2D eigenvalue weighted by molar-refractivity contribution is -0.113. The van der Waals surface area contributed by atoms with Gasteiger partial charge < -0.3 is 14.2 Å². The Morgan fingerprint density at radius 3 is 2.41 bits per heavy atom. The van der Waals surface area contributed by atoms with Crippen LogP contribution in [0.25, 0.3) is 17.4 Å². The lowest BCUT2D eigenvalue weighted by Gasteiger charge is -2.36. The number of aliphatic imine (C=N–C) groups is 1. The molecule has 3 aromatic rings. The van der Waals surface area contributed by atoms with E-state index < -0.39 is 0 Å². The lowest BCUT2D eigenvalue weighted by atomic mass is 10.2. The van der Waals surface area contributed by atoms with Crippen LogP contribution in [0.4, 0.5) is 5.69 Å². The molecule has 9 heteroatoms. The molecule has 2 aromatic carbocycles. The van der Waals surface area contributed by atoms with Gasteiger partial charge in [-0.1, -0.05) is 40.9 Å². The van der Waals surface area contributed by atoms with Crippen molar-refractivity contribution in [3.05, 3.63) is 79.8 Å². The van der Waals surface area contributed by atoms with Crippen molar-refractivity contribution in [3.63, 3.8) is 0 Å². The molecule has 34 heavy (non-hydrogen) atoms. The van der Waals surface area contributed by atoms with Gasteiger partial charge in [-0.3, -0.25) is 4.79 Å². The zero-order valence-electron chi connectivity index (χ0n) is 18.2. The van der Waals surface area contributed by atoms with E-state index in [2.05, 4.69) is 20.9 Å². The van der Waals surface area contributed by atoms with Crippen LogP contribution in [0.1, 0.15) is 11.3 Å². The van der Waals surface area contributed by atoms with Gasteiger partial charge in [0.1, 0.15) is 11.5 Å². The largest absolute Gasteiger partial charge is 0.457 e. The highest BCUT2D eigenvalue weighted by Gasteiger charge is 2.29. The molecule has 1 aromatic heterocycles. The molecule has 1 saturated heterocycles. The van der Waals surface area contributed by atoms with Crippen LogP contribution in [0.5, 0.6) is 0 Å². The monoisotopic (exact) mass is 531 g/mol. The summed E-state index contributed by atoms with van der Waals surface area (Å²) in [5, 5.41) is 2.45. The van der Waals surface area contributed by atoms with Gasteiger partial charge in [0.25, 0.3) is 5.91 Å². The third kappa shape index (κ3) is 4.86. The van der Waals surface area contributed by atoms with Gasteiger partial charge in [0.2, 0.25) is 0 Å². The summed E-state index contributed by atoms with van der Waals surface area (Å²) in [6.45, 7) is 5.22. The van der Waals surface area contributed by atoms with E-state index in [0.29, 0.717) is 26.5 Å². The average molecular weight is 533 g/mol. The predicted molar refractivity (Wildman–Crippen MR) is 142 cm³/mol. The molecule has 0 saturated carbocycles. The van der Waals surface area contributed by atoms with Crippen LogP contribution in [-0.2, 0) is 4.79 Å². The van der Waals surface area contributed by atoms with Gasteiger partial charge in [-0.2, -0.15) is 4.99 Å². The van der Waals surface area contributed by atoms with E-state index in [1.165, 1.54) is 11.8 Å². The zero-order chi connectivity index (χ0) is 23.8. The molecule has 0 N–H and O–H groups in total. The smallest absolute Gasteiger partial charge is 0.286 e. The molecule has 0 spiro atoms. The lowest BCUT2D eigenvalue weighted by Crippen LogP contribution is -2.47. The summed E-state index contributed by atoms with van der Waals surface area (Å²) in [5.74, 6) is 0.976. The number of aryl methyl sites for hydroxylation is 1. The summed E-state index contributed by atoms with van der Waals surface area (Å²) >= 11 is 19.8.